The Balaban J connectivity index is 1.62. The topological polar surface area (TPSA) is 141 Å². The Morgan fingerprint density at radius 1 is 0.951 bits per heavy atom. The number of aromatic nitrogens is 4. The third-order valence-corrected chi connectivity index (χ3v) is 6.86. The van der Waals surface area contributed by atoms with E-state index >= 15 is 0 Å². The van der Waals surface area contributed by atoms with E-state index in [1.165, 1.54) is 19.1 Å². The van der Waals surface area contributed by atoms with Crippen LogP contribution in [0.2, 0.25) is 0 Å². The van der Waals surface area contributed by atoms with Crippen molar-refractivity contribution in [2.24, 2.45) is 12.8 Å². The summed E-state index contributed by atoms with van der Waals surface area (Å²) in [5, 5.41) is 19.3. The minimum Gasteiger partial charge on any atom is -0.466 e. The van der Waals surface area contributed by atoms with Gasteiger partial charge >= 0.3 is 11.9 Å². The molecule has 11 nitrogen and oxygen atoms in total. The summed E-state index contributed by atoms with van der Waals surface area (Å²) in [5.74, 6) is -2.53. The van der Waals surface area contributed by atoms with Gasteiger partial charge in [-0.25, -0.2) is 14.3 Å². The molecule has 2 aromatic carbocycles. The molecule has 1 aliphatic heterocycles. The highest BCUT2D eigenvalue weighted by Crippen LogP contribution is 2.43. The number of ether oxygens (including phenoxy) is 2. The summed E-state index contributed by atoms with van der Waals surface area (Å²) in [7, 11) is 4.28. The first kappa shape index (κ1) is 27.0. The molecule has 5 rings (SSSR count). The number of esters is 2. The zero-order valence-corrected chi connectivity index (χ0v) is 22.9. The zero-order chi connectivity index (χ0) is 29.3. The maximum atomic E-state index is 13.2. The van der Waals surface area contributed by atoms with Gasteiger partial charge in [-0.05, 0) is 42.8 Å². The highest BCUT2D eigenvalue weighted by atomic mass is 16.5. The molecule has 0 bridgehead atoms. The molecule has 4 aromatic rings. The quantitative estimate of drug-likeness (QED) is 0.358. The van der Waals surface area contributed by atoms with Gasteiger partial charge in [0.2, 0.25) is 0 Å². The van der Waals surface area contributed by atoms with Crippen LogP contribution >= 0.6 is 0 Å². The number of nitrogens with zero attached hydrogens (tertiary/aromatic N) is 6. The third-order valence-electron chi connectivity index (χ3n) is 6.86. The molecule has 2 aromatic heterocycles. The van der Waals surface area contributed by atoms with Gasteiger partial charge in [0.25, 0.3) is 0 Å². The van der Waals surface area contributed by atoms with Crippen LogP contribution in [0.5, 0.6) is 0 Å². The number of rotatable bonds is 6. The van der Waals surface area contributed by atoms with Crippen molar-refractivity contribution in [2.75, 3.05) is 19.1 Å². The van der Waals surface area contributed by atoms with Gasteiger partial charge in [0.1, 0.15) is 11.5 Å². The highest BCUT2D eigenvalue weighted by Gasteiger charge is 2.43. The summed E-state index contributed by atoms with van der Waals surface area (Å²) in [6.07, 6.45) is 3.74. The predicted octanol–water partition coefficient (Wildman–Crippen LogP) is 3.48. The lowest BCUT2D eigenvalue weighted by molar-refractivity contribution is -0.139. The van der Waals surface area contributed by atoms with E-state index in [9.17, 15) is 14.9 Å². The fraction of sp³-hybridized carbons (Fsp3) is 0.167. The molecule has 41 heavy (non-hydrogen) atoms. The number of carbonyl (C=O) groups is 2. The summed E-state index contributed by atoms with van der Waals surface area (Å²) in [5.41, 5.74) is 10.8. The number of methoxy groups -OCH3 is 2. The molecule has 0 saturated carbocycles. The summed E-state index contributed by atoms with van der Waals surface area (Å²) in [6.45, 7) is 1.92. The lowest BCUT2D eigenvalue weighted by Crippen LogP contribution is -2.40. The number of hydrogen-bond acceptors (Lipinski definition) is 9. The van der Waals surface area contributed by atoms with Crippen molar-refractivity contribution in [1.82, 2.24) is 19.6 Å². The van der Waals surface area contributed by atoms with Crippen molar-refractivity contribution in [3.8, 4) is 23.0 Å². The van der Waals surface area contributed by atoms with E-state index in [-0.39, 0.29) is 22.7 Å². The fourth-order valence-electron chi connectivity index (χ4n) is 5.00. The molecule has 1 aliphatic rings. The maximum Gasteiger partial charge on any atom is 0.355 e. The average molecular weight is 550 g/mol. The molecule has 206 valence electrons. The normalized spacial score (nSPS) is 15.1. The van der Waals surface area contributed by atoms with Crippen LogP contribution in [0.3, 0.4) is 0 Å². The second-order valence-corrected chi connectivity index (χ2v) is 9.30. The predicted molar refractivity (Wildman–Crippen MR) is 150 cm³/mol. The molecular weight excluding hydrogens is 522 g/mol. The Labute approximate surface area is 236 Å². The standard InChI is InChI=1S/C30H27N7O4/c1-18-23(17-35(2)33-18)24-14-15-36(34-24)20-10-12-21(13-11-20)37-27(30(39)41-4)26(29(38)40-3)25(22(16-31)28(37)32)19-8-6-5-7-9-19/h5-15,17,25H,32H2,1-4H3. The Hall–Kier alpha value is -5.63. The Kier molecular flexibility index (Phi) is 7.14. The van der Waals surface area contributed by atoms with Crippen LogP contribution in [0.15, 0.2) is 95.7 Å². The first-order chi connectivity index (χ1) is 19.8. The zero-order valence-electron chi connectivity index (χ0n) is 22.9. The molecule has 0 fully saturated rings. The van der Waals surface area contributed by atoms with Gasteiger partial charge in [-0.15, -0.1) is 0 Å². The summed E-state index contributed by atoms with van der Waals surface area (Å²) in [6, 6.07) is 19.9. The molecule has 11 heteroatoms. The number of anilines is 1. The smallest absolute Gasteiger partial charge is 0.355 e. The van der Waals surface area contributed by atoms with Crippen molar-refractivity contribution in [3.63, 3.8) is 0 Å². The lowest BCUT2D eigenvalue weighted by Gasteiger charge is -2.35. The molecule has 0 saturated heterocycles. The van der Waals surface area contributed by atoms with Crippen molar-refractivity contribution in [2.45, 2.75) is 12.8 Å². The van der Waals surface area contributed by atoms with Crippen LogP contribution in [0.25, 0.3) is 16.9 Å². The average Bonchev–Trinajstić information content (AvgIpc) is 3.62. The molecule has 3 heterocycles. The van der Waals surface area contributed by atoms with Gasteiger partial charge < -0.3 is 15.2 Å². The van der Waals surface area contributed by atoms with Crippen LogP contribution in [0.4, 0.5) is 5.69 Å². The minimum atomic E-state index is -0.934. The Bertz CT molecular complexity index is 1740. The van der Waals surface area contributed by atoms with E-state index in [1.54, 1.807) is 57.9 Å². The van der Waals surface area contributed by atoms with Gasteiger partial charge in [-0.1, -0.05) is 30.3 Å². The number of hydrogen-bond donors (Lipinski definition) is 1. The van der Waals surface area contributed by atoms with Crippen LogP contribution in [0, 0.1) is 18.3 Å². The van der Waals surface area contributed by atoms with Gasteiger partial charge in [-0.2, -0.15) is 15.5 Å². The lowest BCUT2D eigenvalue weighted by atomic mass is 9.81. The second-order valence-electron chi connectivity index (χ2n) is 9.30. The molecular formula is C30H27N7O4. The van der Waals surface area contributed by atoms with Gasteiger partial charge in [0.15, 0.2) is 0 Å². The second kappa shape index (κ2) is 10.9. The largest absolute Gasteiger partial charge is 0.466 e. The Morgan fingerprint density at radius 2 is 1.61 bits per heavy atom. The molecule has 0 radical (unpaired) electrons. The first-order valence-corrected chi connectivity index (χ1v) is 12.6. The number of benzene rings is 2. The SMILES string of the molecule is COC(=O)C1=C(C(=O)OC)N(c2ccc(-n3ccc(-c4cn(C)nc4C)n3)cc2)C(N)=C(C#N)C1c1ccccc1. The van der Waals surface area contributed by atoms with Crippen LogP contribution in [0.1, 0.15) is 17.2 Å². The van der Waals surface area contributed by atoms with Crippen LogP contribution in [-0.2, 0) is 26.1 Å². The van der Waals surface area contributed by atoms with E-state index < -0.39 is 17.9 Å². The summed E-state index contributed by atoms with van der Waals surface area (Å²) < 4.78 is 13.6. The molecule has 1 atom stereocenters. The number of carbonyl (C=O) groups excluding carboxylic acids is 2. The third kappa shape index (κ3) is 4.72. The number of allylic oxidation sites excluding steroid dienone is 1. The molecule has 2 N–H and O–H groups in total. The number of nitriles is 1. The van der Waals surface area contributed by atoms with Crippen LogP contribution < -0.4 is 10.6 Å². The van der Waals surface area contributed by atoms with Gasteiger partial charge in [0, 0.05) is 30.7 Å². The Morgan fingerprint density at radius 3 is 2.20 bits per heavy atom. The molecule has 0 amide bonds. The number of aryl methyl sites for hydroxylation is 2. The van der Waals surface area contributed by atoms with Gasteiger partial charge in [0.05, 0.1) is 54.4 Å². The number of nitrogens with two attached hydrogens (primary N) is 1. The fourth-order valence-corrected chi connectivity index (χ4v) is 5.00. The van der Waals surface area contributed by atoms with E-state index in [1.807, 2.05) is 38.5 Å². The van der Waals surface area contributed by atoms with E-state index in [4.69, 9.17) is 15.2 Å². The summed E-state index contributed by atoms with van der Waals surface area (Å²) in [4.78, 5) is 27.8. The van der Waals surface area contributed by atoms with E-state index in [0.717, 1.165) is 22.6 Å². The molecule has 0 spiro atoms. The first-order valence-electron chi connectivity index (χ1n) is 12.6. The minimum absolute atomic E-state index is 0.00409. The van der Waals surface area contributed by atoms with Crippen molar-refractivity contribution < 1.29 is 19.1 Å². The summed E-state index contributed by atoms with van der Waals surface area (Å²) >= 11 is 0. The van der Waals surface area contributed by atoms with E-state index in [0.29, 0.717) is 11.3 Å². The molecule has 1 unspecified atom stereocenters. The van der Waals surface area contributed by atoms with Crippen molar-refractivity contribution >= 4 is 17.6 Å². The van der Waals surface area contributed by atoms with E-state index in [2.05, 4.69) is 16.3 Å². The van der Waals surface area contributed by atoms with Gasteiger partial charge in [-0.3, -0.25) is 9.58 Å². The highest BCUT2D eigenvalue weighted by molar-refractivity contribution is 6.06. The molecule has 0 aliphatic carbocycles. The monoisotopic (exact) mass is 549 g/mol. The van der Waals surface area contributed by atoms with Crippen molar-refractivity contribution in [1.29, 1.82) is 5.26 Å². The van der Waals surface area contributed by atoms with Crippen LogP contribution in [-0.4, -0.2) is 45.7 Å². The van der Waals surface area contributed by atoms with Crippen molar-refractivity contribution in [3.05, 3.63) is 107 Å². The maximum absolute atomic E-state index is 13.2.